The SMILES string of the molecule is O=C([C@H]1[C@@H]2C[C@@H](CN(CC3OCCO3)C2)[C@@H]2CCCC(=O)N21)N1Cc2ccccc2C1. The van der Waals surface area contributed by atoms with Gasteiger partial charge in [-0.25, -0.2) is 0 Å². The number of carbonyl (C=O) groups excluding carboxylic acids is 2. The Morgan fingerprint density at radius 1 is 1.03 bits per heavy atom. The molecule has 0 unspecified atom stereocenters. The summed E-state index contributed by atoms with van der Waals surface area (Å²) in [5.41, 5.74) is 2.46. The summed E-state index contributed by atoms with van der Waals surface area (Å²) in [7, 11) is 0. The van der Waals surface area contributed by atoms with Gasteiger partial charge in [-0.15, -0.1) is 0 Å². The third kappa shape index (κ3) is 3.47. The fourth-order valence-corrected chi connectivity index (χ4v) is 6.62. The van der Waals surface area contributed by atoms with Gasteiger partial charge in [0.2, 0.25) is 11.8 Å². The molecule has 1 aromatic carbocycles. The molecule has 0 N–H and O–H groups in total. The summed E-state index contributed by atoms with van der Waals surface area (Å²) in [5, 5.41) is 0. The quantitative estimate of drug-likeness (QED) is 0.736. The Bertz CT molecular complexity index is 845. The first-order valence-electron chi connectivity index (χ1n) is 11.8. The van der Waals surface area contributed by atoms with Crippen molar-refractivity contribution in [2.45, 2.75) is 57.1 Å². The maximum atomic E-state index is 13.9. The summed E-state index contributed by atoms with van der Waals surface area (Å²) in [6.07, 6.45) is 3.40. The molecular weight excluding hydrogens is 394 g/mol. The van der Waals surface area contributed by atoms with Gasteiger partial charge in [0.15, 0.2) is 6.29 Å². The summed E-state index contributed by atoms with van der Waals surface area (Å²) in [6, 6.07) is 8.14. The number of hydrogen-bond donors (Lipinski definition) is 0. The number of piperidine rings is 3. The summed E-state index contributed by atoms with van der Waals surface area (Å²) in [6.45, 7) is 5.17. The molecule has 0 saturated carbocycles. The van der Waals surface area contributed by atoms with Crippen LogP contribution in [-0.2, 0) is 32.2 Å². The van der Waals surface area contributed by atoms with E-state index < -0.39 is 0 Å². The van der Waals surface area contributed by atoms with Crippen molar-refractivity contribution in [2.75, 3.05) is 32.8 Å². The van der Waals surface area contributed by atoms with E-state index in [0.717, 1.165) is 38.9 Å². The summed E-state index contributed by atoms with van der Waals surface area (Å²) >= 11 is 0. The Kier molecular flexibility index (Phi) is 5.00. The lowest BCUT2D eigenvalue weighted by Crippen LogP contribution is -2.68. The smallest absolute Gasteiger partial charge is 0.246 e. The van der Waals surface area contributed by atoms with Gasteiger partial charge in [-0.2, -0.15) is 0 Å². The van der Waals surface area contributed by atoms with Gasteiger partial charge in [0, 0.05) is 51.1 Å². The van der Waals surface area contributed by atoms with E-state index in [0.29, 0.717) is 38.6 Å². The minimum absolute atomic E-state index is 0.134. The van der Waals surface area contributed by atoms with Crippen LogP contribution < -0.4 is 0 Å². The van der Waals surface area contributed by atoms with Crippen LogP contribution in [0.4, 0.5) is 0 Å². The monoisotopic (exact) mass is 425 g/mol. The molecule has 7 heteroatoms. The second-order valence-corrected chi connectivity index (χ2v) is 9.81. The topological polar surface area (TPSA) is 62.3 Å². The molecule has 0 spiro atoms. The normalized spacial score (nSPS) is 33.5. The van der Waals surface area contributed by atoms with Crippen LogP contribution in [0.3, 0.4) is 0 Å². The van der Waals surface area contributed by atoms with E-state index in [2.05, 4.69) is 17.0 Å². The molecule has 0 radical (unpaired) electrons. The molecule has 6 rings (SSSR count). The van der Waals surface area contributed by atoms with Crippen LogP contribution in [0.2, 0.25) is 0 Å². The van der Waals surface area contributed by atoms with Crippen LogP contribution in [-0.4, -0.2) is 77.7 Å². The maximum Gasteiger partial charge on any atom is 0.246 e. The molecule has 0 aromatic heterocycles. The molecule has 5 heterocycles. The van der Waals surface area contributed by atoms with Crippen LogP contribution in [0.1, 0.15) is 36.8 Å². The molecule has 2 amide bonds. The van der Waals surface area contributed by atoms with E-state index in [1.807, 2.05) is 21.9 Å². The highest BCUT2D eigenvalue weighted by atomic mass is 16.7. The van der Waals surface area contributed by atoms with Gasteiger partial charge in [-0.3, -0.25) is 14.5 Å². The number of likely N-dealkylation sites (tertiary alicyclic amines) is 1. The van der Waals surface area contributed by atoms with Crippen molar-refractivity contribution >= 4 is 11.8 Å². The standard InChI is InChI=1S/C24H31N3O4/c28-21-7-3-6-20-18-10-19(12-25(11-18)15-22-30-8-9-31-22)23(27(20)21)24(29)26-13-16-4-1-2-5-17(16)14-26/h1-2,4-5,18-20,22-23H,3,6-15H2/t18-,19+,20-,23+/m0/s1. The van der Waals surface area contributed by atoms with Crippen LogP contribution in [0, 0.1) is 11.8 Å². The van der Waals surface area contributed by atoms with Gasteiger partial charge < -0.3 is 19.3 Å². The molecule has 2 bridgehead atoms. The lowest BCUT2D eigenvalue weighted by molar-refractivity contribution is -0.167. The van der Waals surface area contributed by atoms with Crippen molar-refractivity contribution < 1.29 is 19.1 Å². The molecule has 166 valence electrons. The highest BCUT2D eigenvalue weighted by Gasteiger charge is 2.53. The minimum atomic E-state index is -0.337. The fourth-order valence-electron chi connectivity index (χ4n) is 6.62. The van der Waals surface area contributed by atoms with E-state index in [1.165, 1.54) is 11.1 Å². The molecular formula is C24H31N3O4. The molecule has 31 heavy (non-hydrogen) atoms. The van der Waals surface area contributed by atoms with E-state index in [1.54, 1.807) is 0 Å². The predicted octanol–water partition coefficient (Wildman–Crippen LogP) is 1.60. The lowest BCUT2D eigenvalue weighted by Gasteiger charge is -2.56. The van der Waals surface area contributed by atoms with Crippen LogP contribution in [0.5, 0.6) is 0 Å². The number of carbonyl (C=O) groups is 2. The van der Waals surface area contributed by atoms with Crippen molar-refractivity contribution in [3.05, 3.63) is 35.4 Å². The number of benzene rings is 1. The van der Waals surface area contributed by atoms with Crippen LogP contribution in [0.15, 0.2) is 24.3 Å². The lowest BCUT2D eigenvalue weighted by atomic mass is 9.71. The third-order valence-corrected chi connectivity index (χ3v) is 7.92. The molecule has 0 aliphatic carbocycles. The van der Waals surface area contributed by atoms with Crippen LogP contribution in [0.25, 0.3) is 0 Å². The van der Waals surface area contributed by atoms with Crippen molar-refractivity contribution in [1.82, 2.24) is 14.7 Å². The van der Waals surface area contributed by atoms with Gasteiger partial charge in [0.05, 0.1) is 13.2 Å². The number of ether oxygens (including phenoxy) is 2. The van der Waals surface area contributed by atoms with E-state index in [-0.39, 0.29) is 36.1 Å². The van der Waals surface area contributed by atoms with Crippen LogP contribution >= 0.6 is 0 Å². The largest absolute Gasteiger partial charge is 0.349 e. The average molecular weight is 426 g/mol. The van der Waals surface area contributed by atoms with Gasteiger partial charge in [-0.1, -0.05) is 24.3 Å². The highest BCUT2D eigenvalue weighted by molar-refractivity contribution is 5.89. The highest BCUT2D eigenvalue weighted by Crippen LogP contribution is 2.43. The number of hydrogen-bond acceptors (Lipinski definition) is 5. The molecule has 4 atom stereocenters. The van der Waals surface area contributed by atoms with Crippen molar-refractivity contribution in [2.24, 2.45) is 11.8 Å². The molecule has 4 saturated heterocycles. The Labute approximate surface area is 183 Å². The van der Waals surface area contributed by atoms with Crippen molar-refractivity contribution in [1.29, 1.82) is 0 Å². The zero-order valence-corrected chi connectivity index (χ0v) is 17.9. The first kappa shape index (κ1) is 19.7. The molecule has 4 fully saturated rings. The zero-order chi connectivity index (χ0) is 20.9. The van der Waals surface area contributed by atoms with Gasteiger partial charge >= 0.3 is 0 Å². The average Bonchev–Trinajstić information content (AvgIpc) is 3.44. The fraction of sp³-hybridized carbons (Fsp3) is 0.667. The second-order valence-electron chi connectivity index (χ2n) is 9.81. The zero-order valence-electron chi connectivity index (χ0n) is 17.9. The van der Waals surface area contributed by atoms with Gasteiger partial charge in [-0.05, 0) is 36.3 Å². The number of rotatable bonds is 3. The third-order valence-electron chi connectivity index (χ3n) is 7.92. The molecule has 5 aliphatic heterocycles. The first-order chi connectivity index (χ1) is 15.2. The Morgan fingerprint density at radius 3 is 2.48 bits per heavy atom. The van der Waals surface area contributed by atoms with Crippen molar-refractivity contribution in [3.8, 4) is 0 Å². The molecule has 7 nitrogen and oxygen atoms in total. The second kappa shape index (κ2) is 7.87. The molecule has 5 aliphatic rings. The predicted molar refractivity (Wildman–Crippen MR) is 113 cm³/mol. The van der Waals surface area contributed by atoms with E-state index in [9.17, 15) is 9.59 Å². The Morgan fingerprint density at radius 2 is 1.74 bits per heavy atom. The Hall–Kier alpha value is -1.96. The van der Waals surface area contributed by atoms with E-state index >= 15 is 0 Å². The summed E-state index contributed by atoms with van der Waals surface area (Å²) in [5.74, 6) is 0.922. The van der Waals surface area contributed by atoms with Crippen molar-refractivity contribution in [3.63, 3.8) is 0 Å². The van der Waals surface area contributed by atoms with Gasteiger partial charge in [0.1, 0.15) is 6.04 Å². The first-order valence-corrected chi connectivity index (χ1v) is 11.8. The maximum absolute atomic E-state index is 13.9. The summed E-state index contributed by atoms with van der Waals surface area (Å²) in [4.78, 5) is 33.4. The number of fused-ring (bicyclic) bond motifs is 5. The molecule has 1 aromatic rings. The number of nitrogens with zero attached hydrogens (tertiary/aromatic N) is 3. The minimum Gasteiger partial charge on any atom is -0.349 e. The van der Waals surface area contributed by atoms with E-state index in [4.69, 9.17) is 9.47 Å². The van der Waals surface area contributed by atoms with Gasteiger partial charge in [0.25, 0.3) is 0 Å². The number of amides is 2. The summed E-state index contributed by atoms with van der Waals surface area (Å²) < 4.78 is 11.4. The Balaban J connectivity index is 1.26.